The van der Waals surface area contributed by atoms with Crippen LogP contribution in [-0.4, -0.2) is 57.3 Å². The fourth-order valence-corrected chi connectivity index (χ4v) is 2.66. The second kappa shape index (κ2) is 4.61. The van der Waals surface area contributed by atoms with Crippen molar-refractivity contribution in [2.24, 2.45) is 0 Å². The monoisotopic (exact) mass is 208 g/mol. The van der Waals surface area contributed by atoms with E-state index in [2.05, 4.69) is 11.9 Å². The van der Waals surface area contributed by atoms with Gasteiger partial charge in [-0.25, -0.2) is 4.31 Å². The third kappa shape index (κ3) is 3.11. The zero-order valence-corrected chi connectivity index (χ0v) is 9.26. The Bertz CT molecular complexity index is 166. The van der Waals surface area contributed by atoms with Crippen LogP contribution < -0.4 is 0 Å². The van der Waals surface area contributed by atoms with Crippen LogP contribution in [0.3, 0.4) is 0 Å². The first-order valence-corrected chi connectivity index (χ1v) is 6.43. The Balaban J connectivity index is 2.50. The van der Waals surface area contributed by atoms with Crippen molar-refractivity contribution in [3.63, 3.8) is 0 Å². The van der Waals surface area contributed by atoms with Crippen LogP contribution in [0, 0.1) is 0 Å². The van der Waals surface area contributed by atoms with E-state index in [9.17, 15) is 9.11 Å². The predicted molar refractivity (Wildman–Crippen MR) is 57.1 cm³/mol. The van der Waals surface area contributed by atoms with E-state index in [-0.39, 0.29) is 0 Å². The quantitative estimate of drug-likeness (QED) is 0.718. The Morgan fingerprint density at radius 3 is 2.46 bits per heavy atom. The van der Waals surface area contributed by atoms with Crippen LogP contribution >= 0.6 is 10.8 Å². The fraction of sp³-hybridized carbons (Fsp3) is 1.00. The van der Waals surface area contributed by atoms with Gasteiger partial charge < -0.3 is 4.90 Å². The molecule has 0 bridgehead atoms. The molecule has 1 aliphatic rings. The Kier molecular flexibility index (Phi) is 4.00. The molecule has 13 heavy (non-hydrogen) atoms. The normalized spacial score (nSPS) is 24.3. The molecule has 5 heteroatoms. The lowest BCUT2D eigenvalue weighted by molar-refractivity contribution is 0.331. The maximum absolute atomic E-state index is 9.71. The Morgan fingerprint density at radius 2 is 1.85 bits per heavy atom. The van der Waals surface area contributed by atoms with E-state index in [0.29, 0.717) is 5.75 Å². The number of hydrogen-bond donors (Lipinski definition) is 2. The molecule has 1 fully saturated rings. The summed E-state index contributed by atoms with van der Waals surface area (Å²) in [5, 5.41) is 0. The van der Waals surface area contributed by atoms with Gasteiger partial charge in [-0.15, -0.1) is 10.8 Å². The molecular formula is C8H20N2O2S. The molecule has 1 rings (SSSR count). The summed E-state index contributed by atoms with van der Waals surface area (Å²) < 4.78 is 21.2. The van der Waals surface area contributed by atoms with Crippen molar-refractivity contribution in [2.75, 3.05) is 39.0 Å². The minimum atomic E-state index is -2.46. The maximum atomic E-state index is 9.71. The SMILES string of the molecule is CCS(O)(O)N1CCCN(C)CC1. The molecule has 80 valence electrons. The van der Waals surface area contributed by atoms with Crippen LogP contribution in [-0.2, 0) is 0 Å². The molecule has 0 unspecified atom stereocenters. The van der Waals surface area contributed by atoms with Gasteiger partial charge in [-0.1, -0.05) is 0 Å². The van der Waals surface area contributed by atoms with Crippen LogP contribution in [0.4, 0.5) is 0 Å². The molecular weight excluding hydrogens is 188 g/mol. The summed E-state index contributed by atoms with van der Waals surface area (Å²) in [6.07, 6.45) is 1.02. The molecule has 0 aromatic rings. The maximum Gasteiger partial charge on any atom is 0.0502 e. The summed E-state index contributed by atoms with van der Waals surface area (Å²) in [6.45, 7) is 5.38. The Morgan fingerprint density at radius 1 is 1.15 bits per heavy atom. The number of likely N-dealkylation sites (N-methyl/N-ethyl adjacent to an activating group) is 1. The van der Waals surface area contributed by atoms with Crippen molar-refractivity contribution in [3.05, 3.63) is 0 Å². The minimum Gasteiger partial charge on any atom is -0.305 e. The molecule has 4 nitrogen and oxygen atoms in total. The highest BCUT2D eigenvalue weighted by molar-refractivity contribution is 8.22. The first-order valence-electron chi connectivity index (χ1n) is 4.76. The summed E-state index contributed by atoms with van der Waals surface area (Å²) in [5.74, 6) is 0.441. The molecule has 0 amide bonds. The molecule has 0 aromatic carbocycles. The topological polar surface area (TPSA) is 46.9 Å². The molecule has 0 spiro atoms. The van der Waals surface area contributed by atoms with E-state index < -0.39 is 10.8 Å². The van der Waals surface area contributed by atoms with Crippen molar-refractivity contribution < 1.29 is 9.11 Å². The molecule has 1 saturated heterocycles. The van der Waals surface area contributed by atoms with E-state index in [1.165, 1.54) is 0 Å². The third-order valence-electron chi connectivity index (χ3n) is 2.48. The molecule has 0 saturated carbocycles. The van der Waals surface area contributed by atoms with Gasteiger partial charge in [0.05, 0.1) is 5.75 Å². The molecule has 0 radical (unpaired) electrons. The van der Waals surface area contributed by atoms with Crippen LogP contribution in [0.5, 0.6) is 0 Å². The highest BCUT2D eigenvalue weighted by atomic mass is 32.3. The van der Waals surface area contributed by atoms with Gasteiger partial charge >= 0.3 is 0 Å². The van der Waals surface area contributed by atoms with Gasteiger partial charge in [0.2, 0.25) is 0 Å². The summed E-state index contributed by atoms with van der Waals surface area (Å²) >= 11 is 0. The van der Waals surface area contributed by atoms with Gasteiger partial charge in [0, 0.05) is 19.6 Å². The largest absolute Gasteiger partial charge is 0.305 e. The lowest BCUT2D eigenvalue weighted by Crippen LogP contribution is -2.32. The zero-order valence-electron chi connectivity index (χ0n) is 8.44. The lowest BCUT2D eigenvalue weighted by Gasteiger charge is -2.41. The Hall–Kier alpha value is 0.190. The van der Waals surface area contributed by atoms with Crippen LogP contribution in [0.15, 0.2) is 0 Å². The standard InChI is InChI=1S/C8H20N2O2S/c1-3-13(11,12)10-6-4-5-9(2)7-8-10/h11-12H,3-8H2,1-2H3. The average molecular weight is 208 g/mol. The second-order valence-electron chi connectivity index (χ2n) is 3.51. The van der Waals surface area contributed by atoms with E-state index in [1.54, 1.807) is 0 Å². The van der Waals surface area contributed by atoms with Crippen molar-refractivity contribution in [3.8, 4) is 0 Å². The van der Waals surface area contributed by atoms with Gasteiger partial charge in [0.15, 0.2) is 0 Å². The van der Waals surface area contributed by atoms with Crippen molar-refractivity contribution >= 4 is 10.8 Å². The average Bonchev–Trinajstić information content (AvgIpc) is 2.30. The molecule has 0 atom stereocenters. The molecule has 0 aliphatic carbocycles. The van der Waals surface area contributed by atoms with Gasteiger partial charge in [0.1, 0.15) is 0 Å². The fourth-order valence-electron chi connectivity index (χ4n) is 1.50. The summed E-state index contributed by atoms with van der Waals surface area (Å²) in [4.78, 5) is 2.23. The van der Waals surface area contributed by atoms with Crippen molar-refractivity contribution in [2.45, 2.75) is 13.3 Å². The first kappa shape index (κ1) is 11.3. The number of rotatable bonds is 2. The molecule has 1 heterocycles. The van der Waals surface area contributed by atoms with E-state index >= 15 is 0 Å². The highest BCUT2D eigenvalue weighted by Crippen LogP contribution is 2.42. The van der Waals surface area contributed by atoms with Gasteiger partial charge in [0.25, 0.3) is 0 Å². The highest BCUT2D eigenvalue weighted by Gasteiger charge is 2.22. The molecule has 2 N–H and O–H groups in total. The number of nitrogens with zero attached hydrogens (tertiary/aromatic N) is 2. The van der Waals surface area contributed by atoms with Crippen LogP contribution in [0.2, 0.25) is 0 Å². The van der Waals surface area contributed by atoms with Gasteiger partial charge in [-0.3, -0.25) is 9.11 Å². The smallest absolute Gasteiger partial charge is 0.0502 e. The van der Waals surface area contributed by atoms with Crippen LogP contribution in [0.25, 0.3) is 0 Å². The zero-order chi connectivity index (χ0) is 9.90. The van der Waals surface area contributed by atoms with Gasteiger partial charge in [-0.05, 0) is 26.9 Å². The molecule has 0 aromatic heterocycles. The molecule has 1 aliphatic heterocycles. The lowest BCUT2D eigenvalue weighted by atomic mass is 10.4. The van der Waals surface area contributed by atoms with Crippen LogP contribution in [0.1, 0.15) is 13.3 Å². The number of hydrogen-bond acceptors (Lipinski definition) is 4. The summed E-state index contributed by atoms with van der Waals surface area (Å²) in [6, 6.07) is 0. The third-order valence-corrected chi connectivity index (χ3v) is 4.45. The summed E-state index contributed by atoms with van der Waals surface area (Å²) in [7, 11) is -0.391. The van der Waals surface area contributed by atoms with Crippen molar-refractivity contribution in [1.29, 1.82) is 0 Å². The van der Waals surface area contributed by atoms with E-state index in [1.807, 2.05) is 11.2 Å². The Labute approximate surface area is 82.0 Å². The van der Waals surface area contributed by atoms with E-state index in [0.717, 1.165) is 32.6 Å². The van der Waals surface area contributed by atoms with Crippen molar-refractivity contribution in [1.82, 2.24) is 9.21 Å². The summed E-state index contributed by atoms with van der Waals surface area (Å²) in [5.41, 5.74) is 0. The predicted octanol–water partition coefficient (Wildman–Crippen LogP) is 1.31. The second-order valence-corrected chi connectivity index (χ2v) is 5.87. The minimum absolute atomic E-state index is 0.441. The van der Waals surface area contributed by atoms with Gasteiger partial charge in [-0.2, -0.15) is 0 Å². The van der Waals surface area contributed by atoms with E-state index in [4.69, 9.17) is 0 Å². The first-order chi connectivity index (χ1) is 6.06.